The quantitative estimate of drug-likeness (QED) is 0.554. The molecule has 8 heteroatoms. The second kappa shape index (κ2) is 6.20. The van der Waals surface area contributed by atoms with Gasteiger partial charge in [-0.3, -0.25) is 14.9 Å². The number of primary amides is 1. The topological polar surface area (TPSA) is 117 Å². The van der Waals surface area contributed by atoms with Gasteiger partial charge in [0.1, 0.15) is 12.1 Å². The van der Waals surface area contributed by atoms with E-state index in [4.69, 9.17) is 15.2 Å². The van der Waals surface area contributed by atoms with Crippen molar-refractivity contribution in [1.82, 2.24) is 5.32 Å². The molecule has 0 spiro atoms. The Bertz CT molecular complexity index is 520. The largest absolute Gasteiger partial charge is 0.493 e. The lowest BCUT2D eigenvalue weighted by atomic mass is 10.0. The number of nitrogens with one attached hydrogen (secondary N) is 1. The molecule has 1 unspecified atom stereocenters. The number of nitro groups is 1. The van der Waals surface area contributed by atoms with Gasteiger partial charge in [-0.2, -0.15) is 0 Å². The highest BCUT2D eigenvalue weighted by molar-refractivity contribution is 5.84. The maximum absolute atomic E-state index is 11.3. The third-order valence-corrected chi connectivity index (χ3v) is 2.97. The number of carbonyl (C=O) groups is 1. The van der Waals surface area contributed by atoms with Crippen molar-refractivity contribution in [3.8, 4) is 11.5 Å². The molecular weight excluding hydrogens is 266 g/mol. The lowest BCUT2D eigenvalue weighted by Gasteiger charge is -2.25. The van der Waals surface area contributed by atoms with Crippen LogP contribution in [0.3, 0.4) is 0 Å². The van der Waals surface area contributed by atoms with Crippen LogP contribution in [0.4, 0.5) is 5.69 Å². The molecule has 1 amide bonds. The number of non-ortho nitro benzene ring substituents is 1. The summed E-state index contributed by atoms with van der Waals surface area (Å²) in [6.45, 7) is 1.48. The van der Waals surface area contributed by atoms with E-state index in [2.05, 4.69) is 5.32 Å². The fourth-order valence-electron chi connectivity index (χ4n) is 1.38. The number of methoxy groups -OCH3 is 1. The van der Waals surface area contributed by atoms with Crippen LogP contribution in [0, 0.1) is 10.1 Å². The van der Waals surface area contributed by atoms with E-state index >= 15 is 0 Å². The van der Waals surface area contributed by atoms with Gasteiger partial charge in [0.05, 0.1) is 18.1 Å². The van der Waals surface area contributed by atoms with Crippen LogP contribution in [0.1, 0.15) is 6.92 Å². The van der Waals surface area contributed by atoms with Crippen LogP contribution in [0.2, 0.25) is 0 Å². The average molecular weight is 283 g/mol. The molecule has 0 saturated carbocycles. The number of carbonyl (C=O) groups excluding carboxylic acids is 1. The molecule has 0 aliphatic carbocycles. The molecule has 0 heterocycles. The normalized spacial score (nSPS) is 13.3. The van der Waals surface area contributed by atoms with Crippen LogP contribution in [0.25, 0.3) is 0 Å². The van der Waals surface area contributed by atoms with Crippen molar-refractivity contribution in [3.63, 3.8) is 0 Å². The minimum absolute atomic E-state index is 0.0869. The minimum atomic E-state index is -1.09. The van der Waals surface area contributed by atoms with Crippen LogP contribution < -0.4 is 20.5 Å². The van der Waals surface area contributed by atoms with Crippen molar-refractivity contribution < 1.29 is 19.2 Å². The monoisotopic (exact) mass is 283 g/mol. The second-order valence-corrected chi connectivity index (χ2v) is 4.33. The summed E-state index contributed by atoms with van der Waals surface area (Å²) < 4.78 is 10.5. The Morgan fingerprint density at radius 1 is 1.50 bits per heavy atom. The van der Waals surface area contributed by atoms with E-state index in [-0.39, 0.29) is 18.0 Å². The summed E-state index contributed by atoms with van der Waals surface area (Å²) in [4.78, 5) is 21.5. The molecule has 0 aliphatic rings. The van der Waals surface area contributed by atoms with Crippen molar-refractivity contribution >= 4 is 11.6 Å². The van der Waals surface area contributed by atoms with Crippen molar-refractivity contribution in [1.29, 1.82) is 0 Å². The molecule has 3 N–H and O–H groups in total. The summed E-state index contributed by atoms with van der Waals surface area (Å²) in [5.74, 6) is -0.0904. The van der Waals surface area contributed by atoms with Gasteiger partial charge < -0.3 is 20.5 Å². The third-order valence-electron chi connectivity index (χ3n) is 2.97. The van der Waals surface area contributed by atoms with E-state index in [1.165, 1.54) is 25.3 Å². The predicted molar refractivity (Wildman–Crippen MR) is 71.8 cm³/mol. The predicted octanol–water partition coefficient (Wildman–Crippen LogP) is 0.446. The number of nitrogens with zero attached hydrogens (tertiary/aromatic N) is 1. The second-order valence-electron chi connectivity index (χ2n) is 4.33. The molecule has 1 rings (SSSR count). The molecule has 8 nitrogen and oxygen atoms in total. The zero-order valence-corrected chi connectivity index (χ0v) is 11.5. The van der Waals surface area contributed by atoms with E-state index < -0.39 is 16.4 Å². The SMILES string of the molecule is CNC(C)(COc1cc([N+](=O)[O-])ccc1OC)C(N)=O. The first-order valence-corrected chi connectivity index (χ1v) is 5.78. The standard InChI is InChI=1S/C12H17N3O5/c1-12(14-2,11(13)16)7-20-10-6-8(15(17)18)4-5-9(10)19-3/h4-6,14H,7H2,1-3H3,(H2,13,16). The highest BCUT2D eigenvalue weighted by atomic mass is 16.6. The highest BCUT2D eigenvalue weighted by Gasteiger charge is 2.30. The molecule has 1 atom stereocenters. The molecule has 1 aromatic carbocycles. The number of nitrogens with two attached hydrogens (primary N) is 1. The van der Waals surface area contributed by atoms with Crippen LogP contribution in [0.15, 0.2) is 18.2 Å². The van der Waals surface area contributed by atoms with Gasteiger partial charge in [-0.05, 0) is 20.0 Å². The van der Waals surface area contributed by atoms with Gasteiger partial charge in [0.15, 0.2) is 11.5 Å². The lowest BCUT2D eigenvalue weighted by Crippen LogP contribution is -2.55. The Morgan fingerprint density at radius 2 is 2.15 bits per heavy atom. The van der Waals surface area contributed by atoms with Gasteiger partial charge in [-0.25, -0.2) is 0 Å². The Morgan fingerprint density at radius 3 is 2.60 bits per heavy atom. The number of rotatable bonds is 7. The third kappa shape index (κ3) is 3.35. The maximum Gasteiger partial charge on any atom is 0.273 e. The summed E-state index contributed by atoms with van der Waals surface area (Å²) in [6.07, 6.45) is 0. The highest BCUT2D eigenvalue weighted by Crippen LogP contribution is 2.31. The number of likely N-dealkylation sites (N-methyl/N-ethyl adjacent to an activating group) is 1. The van der Waals surface area contributed by atoms with Crippen molar-refractivity contribution in [2.24, 2.45) is 5.73 Å². The van der Waals surface area contributed by atoms with E-state index in [1.54, 1.807) is 14.0 Å². The molecule has 0 aliphatic heterocycles. The summed E-state index contributed by atoms with van der Waals surface area (Å²) in [7, 11) is 2.98. The van der Waals surface area contributed by atoms with E-state index in [0.717, 1.165) is 0 Å². The van der Waals surface area contributed by atoms with Crippen molar-refractivity contribution in [2.45, 2.75) is 12.5 Å². The van der Waals surface area contributed by atoms with Crippen molar-refractivity contribution in [2.75, 3.05) is 20.8 Å². The van der Waals surface area contributed by atoms with Gasteiger partial charge in [0.2, 0.25) is 5.91 Å². The Labute approximate surface area is 116 Å². The summed E-state index contributed by atoms with van der Waals surface area (Å²) >= 11 is 0. The smallest absolute Gasteiger partial charge is 0.273 e. The number of hydrogen-bond donors (Lipinski definition) is 2. The van der Waals surface area contributed by atoms with Crippen LogP contribution >= 0.6 is 0 Å². The fourth-order valence-corrected chi connectivity index (χ4v) is 1.38. The molecule has 0 fully saturated rings. The molecule has 0 radical (unpaired) electrons. The number of nitro benzene ring substituents is 1. The Kier molecular flexibility index (Phi) is 4.87. The summed E-state index contributed by atoms with van der Waals surface area (Å²) in [5, 5.41) is 13.5. The first-order valence-electron chi connectivity index (χ1n) is 5.78. The molecule has 0 aromatic heterocycles. The van der Waals surface area contributed by atoms with Crippen LogP contribution in [0.5, 0.6) is 11.5 Å². The summed E-state index contributed by atoms with van der Waals surface area (Å²) in [6, 6.07) is 3.96. The van der Waals surface area contributed by atoms with Crippen molar-refractivity contribution in [3.05, 3.63) is 28.3 Å². The zero-order valence-electron chi connectivity index (χ0n) is 11.5. The van der Waals surface area contributed by atoms with Gasteiger partial charge >= 0.3 is 0 Å². The van der Waals surface area contributed by atoms with Gasteiger partial charge in [-0.1, -0.05) is 0 Å². The number of amides is 1. The van der Waals surface area contributed by atoms with Gasteiger partial charge in [0.25, 0.3) is 5.69 Å². The molecule has 20 heavy (non-hydrogen) atoms. The van der Waals surface area contributed by atoms with Gasteiger partial charge in [-0.15, -0.1) is 0 Å². The average Bonchev–Trinajstić information content (AvgIpc) is 2.43. The molecule has 110 valence electrons. The molecular formula is C12H17N3O5. The fraction of sp³-hybridized carbons (Fsp3) is 0.417. The van der Waals surface area contributed by atoms with E-state index in [0.29, 0.717) is 5.75 Å². The van der Waals surface area contributed by atoms with Crippen LogP contribution in [-0.2, 0) is 4.79 Å². The first kappa shape index (κ1) is 15.7. The Hall–Kier alpha value is -2.35. The number of benzene rings is 1. The molecule has 1 aromatic rings. The summed E-state index contributed by atoms with van der Waals surface area (Å²) in [5.41, 5.74) is 4.05. The number of ether oxygens (including phenoxy) is 2. The zero-order chi connectivity index (χ0) is 15.3. The van der Waals surface area contributed by atoms with Crippen LogP contribution in [-0.4, -0.2) is 37.1 Å². The maximum atomic E-state index is 11.3. The molecule has 0 saturated heterocycles. The molecule has 0 bridgehead atoms. The first-order chi connectivity index (χ1) is 9.34. The minimum Gasteiger partial charge on any atom is -0.493 e. The van der Waals surface area contributed by atoms with Gasteiger partial charge in [0, 0.05) is 6.07 Å². The Balaban J connectivity index is 2.98. The lowest BCUT2D eigenvalue weighted by molar-refractivity contribution is -0.385. The number of hydrogen-bond acceptors (Lipinski definition) is 6. The van der Waals surface area contributed by atoms with E-state index in [1.807, 2.05) is 0 Å². The van der Waals surface area contributed by atoms with E-state index in [9.17, 15) is 14.9 Å².